The minimum Gasteiger partial charge on any atom is -0.483 e. The van der Waals surface area contributed by atoms with Gasteiger partial charge >= 0.3 is 0 Å². The summed E-state index contributed by atoms with van der Waals surface area (Å²) < 4.78 is 5.93. The van der Waals surface area contributed by atoms with Gasteiger partial charge in [-0.05, 0) is 42.9 Å². The van der Waals surface area contributed by atoms with Crippen LogP contribution in [0, 0.1) is 0 Å². The van der Waals surface area contributed by atoms with Gasteiger partial charge in [0.25, 0.3) is 5.91 Å². The lowest BCUT2D eigenvalue weighted by atomic mass is 9.86. The van der Waals surface area contributed by atoms with Gasteiger partial charge in [0.2, 0.25) is 0 Å². The van der Waals surface area contributed by atoms with E-state index < -0.39 is 0 Å². The van der Waals surface area contributed by atoms with E-state index in [0.29, 0.717) is 12.1 Å². The van der Waals surface area contributed by atoms with Crippen molar-refractivity contribution in [2.45, 2.75) is 57.5 Å². The summed E-state index contributed by atoms with van der Waals surface area (Å²) >= 11 is 0. The van der Waals surface area contributed by atoms with Gasteiger partial charge in [-0.1, -0.05) is 39.0 Å². The average Bonchev–Trinajstić information content (AvgIpc) is 2.77. The molecule has 2 aliphatic heterocycles. The summed E-state index contributed by atoms with van der Waals surface area (Å²) in [6, 6.07) is 8.77. The fraction of sp³-hybridized carbons (Fsp3) is 0.632. The topological polar surface area (TPSA) is 41.6 Å². The van der Waals surface area contributed by atoms with Gasteiger partial charge in [-0.3, -0.25) is 4.79 Å². The first-order valence-corrected chi connectivity index (χ1v) is 8.71. The first kappa shape index (κ1) is 19.1. The number of fused-ring (bicyclic) bond motifs is 2. The van der Waals surface area contributed by atoms with E-state index in [-0.39, 0.29) is 30.3 Å². The lowest BCUT2D eigenvalue weighted by Crippen LogP contribution is -2.44. The summed E-state index contributed by atoms with van der Waals surface area (Å²) in [7, 11) is 0. The highest BCUT2D eigenvalue weighted by atomic mass is 35.5. The number of benzene rings is 1. The van der Waals surface area contributed by atoms with Crippen LogP contribution in [0.2, 0.25) is 0 Å². The number of amides is 1. The van der Waals surface area contributed by atoms with Crippen molar-refractivity contribution in [2.75, 3.05) is 19.7 Å². The lowest BCUT2D eigenvalue weighted by molar-refractivity contribution is -0.136. The number of nitrogens with zero attached hydrogens (tertiary/aromatic N) is 1. The largest absolute Gasteiger partial charge is 0.483 e. The molecule has 2 atom stereocenters. The maximum atomic E-state index is 12.7. The molecular weight excluding hydrogens is 324 g/mol. The van der Waals surface area contributed by atoms with Gasteiger partial charge < -0.3 is 15.0 Å². The number of hydrogen-bond acceptors (Lipinski definition) is 3. The van der Waals surface area contributed by atoms with Gasteiger partial charge in [-0.2, -0.15) is 0 Å². The SMILES string of the molecule is CC(C)(C)c1ccccc1OCC(=O)N1C2CCNCC1CC2.Cl. The van der Waals surface area contributed by atoms with Gasteiger partial charge in [0, 0.05) is 18.6 Å². The summed E-state index contributed by atoms with van der Waals surface area (Å²) in [5, 5.41) is 3.43. The number of ether oxygens (including phenoxy) is 1. The van der Waals surface area contributed by atoms with Crippen LogP contribution in [-0.4, -0.2) is 42.6 Å². The van der Waals surface area contributed by atoms with Crippen molar-refractivity contribution in [1.82, 2.24) is 10.2 Å². The molecule has 5 heteroatoms. The molecule has 0 aliphatic carbocycles. The molecule has 3 rings (SSSR count). The number of carbonyl (C=O) groups excluding carboxylic acids is 1. The fourth-order valence-corrected chi connectivity index (χ4v) is 3.82. The lowest BCUT2D eigenvalue weighted by Gasteiger charge is -2.28. The van der Waals surface area contributed by atoms with Crippen molar-refractivity contribution in [3.63, 3.8) is 0 Å². The predicted octanol–water partition coefficient (Wildman–Crippen LogP) is 3.14. The highest BCUT2D eigenvalue weighted by molar-refractivity contribution is 5.85. The zero-order valence-electron chi connectivity index (χ0n) is 14.9. The van der Waals surface area contributed by atoms with Crippen LogP contribution in [0.25, 0.3) is 0 Å². The van der Waals surface area contributed by atoms with Crippen molar-refractivity contribution >= 4 is 18.3 Å². The fourth-order valence-electron chi connectivity index (χ4n) is 3.82. The van der Waals surface area contributed by atoms with Crippen molar-refractivity contribution in [1.29, 1.82) is 0 Å². The smallest absolute Gasteiger partial charge is 0.261 e. The second-order valence-electron chi connectivity index (χ2n) is 7.71. The minimum atomic E-state index is 0. The number of carbonyl (C=O) groups is 1. The second kappa shape index (κ2) is 7.75. The van der Waals surface area contributed by atoms with Crippen LogP contribution >= 0.6 is 12.4 Å². The Hall–Kier alpha value is -1.26. The monoisotopic (exact) mass is 352 g/mol. The molecule has 2 unspecified atom stereocenters. The summed E-state index contributed by atoms with van der Waals surface area (Å²) in [4.78, 5) is 14.8. The zero-order valence-corrected chi connectivity index (χ0v) is 15.7. The normalized spacial score (nSPS) is 23.4. The number of halogens is 1. The van der Waals surface area contributed by atoms with Gasteiger partial charge in [0.1, 0.15) is 5.75 Å². The Morgan fingerprint density at radius 3 is 2.67 bits per heavy atom. The number of para-hydroxylation sites is 1. The van der Waals surface area contributed by atoms with Gasteiger partial charge in [0.05, 0.1) is 0 Å². The summed E-state index contributed by atoms with van der Waals surface area (Å²) in [6.45, 7) is 8.56. The molecule has 1 N–H and O–H groups in total. The molecule has 0 spiro atoms. The third kappa shape index (κ3) is 4.04. The van der Waals surface area contributed by atoms with Gasteiger partial charge in [-0.25, -0.2) is 0 Å². The van der Waals surface area contributed by atoms with E-state index in [1.54, 1.807) is 0 Å². The van der Waals surface area contributed by atoms with E-state index in [1.807, 2.05) is 18.2 Å². The Kier molecular flexibility index (Phi) is 6.16. The van der Waals surface area contributed by atoms with Crippen LogP contribution in [0.3, 0.4) is 0 Å². The Balaban J connectivity index is 0.00000208. The molecule has 2 heterocycles. The summed E-state index contributed by atoms with van der Waals surface area (Å²) in [6.07, 6.45) is 3.31. The highest BCUT2D eigenvalue weighted by Gasteiger charge is 2.38. The van der Waals surface area contributed by atoms with Gasteiger partial charge in [0.15, 0.2) is 6.61 Å². The molecule has 0 saturated carbocycles. The standard InChI is InChI=1S/C19H28N2O2.ClH/c1-19(2,3)16-6-4-5-7-17(16)23-13-18(22)21-14-8-9-15(21)12-20-11-10-14;/h4-7,14-15,20H,8-13H2,1-3H3;1H. The van der Waals surface area contributed by atoms with Crippen LogP contribution < -0.4 is 10.1 Å². The van der Waals surface area contributed by atoms with E-state index in [9.17, 15) is 4.79 Å². The van der Waals surface area contributed by atoms with Crippen molar-refractivity contribution < 1.29 is 9.53 Å². The Morgan fingerprint density at radius 2 is 1.92 bits per heavy atom. The number of nitrogens with one attached hydrogen (secondary N) is 1. The first-order chi connectivity index (χ1) is 11.0. The summed E-state index contributed by atoms with van der Waals surface area (Å²) in [5.41, 5.74) is 1.15. The third-order valence-electron chi connectivity index (χ3n) is 4.99. The van der Waals surface area contributed by atoms with E-state index in [2.05, 4.69) is 37.1 Å². The molecule has 134 valence electrons. The van der Waals surface area contributed by atoms with E-state index in [0.717, 1.165) is 43.7 Å². The van der Waals surface area contributed by atoms with Crippen LogP contribution in [0.15, 0.2) is 24.3 Å². The van der Waals surface area contributed by atoms with Crippen LogP contribution in [0.4, 0.5) is 0 Å². The molecular formula is C19H29ClN2O2. The molecule has 24 heavy (non-hydrogen) atoms. The van der Waals surface area contributed by atoms with E-state index in [1.165, 1.54) is 0 Å². The molecule has 2 aliphatic rings. The Morgan fingerprint density at radius 1 is 1.21 bits per heavy atom. The van der Waals surface area contributed by atoms with E-state index in [4.69, 9.17) is 4.74 Å². The van der Waals surface area contributed by atoms with Gasteiger partial charge in [-0.15, -0.1) is 12.4 Å². The second-order valence-corrected chi connectivity index (χ2v) is 7.71. The minimum absolute atomic E-state index is 0. The maximum Gasteiger partial charge on any atom is 0.261 e. The van der Waals surface area contributed by atoms with Crippen molar-refractivity contribution in [3.05, 3.63) is 29.8 Å². The molecule has 0 radical (unpaired) electrons. The number of rotatable bonds is 3. The average molecular weight is 353 g/mol. The first-order valence-electron chi connectivity index (χ1n) is 8.71. The van der Waals surface area contributed by atoms with Crippen LogP contribution in [0.1, 0.15) is 45.6 Å². The maximum absolute atomic E-state index is 12.7. The van der Waals surface area contributed by atoms with Crippen molar-refractivity contribution in [3.8, 4) is 5.75 Å². The molecule has 2 bridgehead atoms. The quantitative estimate of drug-likeness (QED) is 0.908. The number of hydrogen-bond donors (Lipinski definition) is 1. The molecule has 2 saturated heterocycles. The Bertz CT molecular complexity index is 557. The molecule has 1 aromatic rings. The summed E-state index contributed by atoms with van der Waals surface area (Å²) in [5.74, 6) is 0.957. The molecule has 1 amide bonds. The van der Waals surface area contributed by atoms with Crippen LogP contribution in [0.5, 0.6) is 5.75 Å². The Labute approximate surface area is 151 Å². The van der Waals surface area contributed by atoms with Crippen LogP contribution in [-0.2, 0) is 10.2 Å². The highest BCUT2D eigenvalue weighted by Crippen LogP contribution is 2.32. The molecule has 0 aromatic heterocycles. The molecule has 1 aromatic carbocycles. The zero-order chi connectivity index (χ0) is 16.4. The molecule has 2 fully saturated rings. The van der Waals surface area contributed by atoms with Crippen molar-refractivity contribution in [2.24, 2.45) is 0 Å². The molecule has 4 nitrogen and oxygen atoms in total. The predicted molar refractivity (Wildman–Crippen MR) is 99.0 cm³/mol. The van der Waals surface area contributed by atoms with E-state index >= 15 is 0 Å². The third-order valence-corrected chi connectivity index (χ3v) is 4.99.